The van der Waals surface area contributed by atoms with Crippen LogP contribution in [0.5, 0.6) is 0 Å². The van der Waals surface area contributed by atoms with E-state index in [9.17, 15) is 0 Å². The molecule has 0 saturated carbocycles. The number of hydrogen-bond acceptors (Lipinski definition) is 3. The van der Waals surface area contributed by atoms with Gasteiger partial charge >= 0.3 is 0 Å². The van der Waals surface area contributed by atoms with Gasteiger partial charge in [0, 0.05) is 48.9 Å². The van der Waals surface area contributed by atoms with Crippen molar-refractivity contribution >= 4 is 28.2 Å². The number of anilines is 1. The number of aryl methyl sites for hydroxylation is 1. The summed E-state index contributed by atoms with van der Waals surface area (Å²) in [5, 5.41) is 5.04. The topological polar surface area (TPSA) is 28.2 Å². The molecule has 0 aliphatic heterocycles. The van der Waals surface area contributed by atoms with Crippen LogP contribution >= 0.6 is 11.6 Å². The Bertz CT molecular complexity index is 593. The fraction of sp³-hybridized carbons (Fsp3) is 0.400. The lowest BCUT2D eigenvalue weighted by Crippen LogP contribution is -2.14. The van der Waals surface area contributed by atoms with Gasteiger partial charge in [-0.05, 0) is 37.7 Å². The second kappa shape index (κ2) is 5.76. The zero-order chi connectivity index (χ0) is 14.0. The number of hydrogen-bond donors (Lipinski definition) is 1. The van der Waals surface area contributed by atoms with Crippen molar-refractivity contribution in [3.63, 3.8) is 0 Å². The van der Waals surface area contributed by atoms with E-state index in [0.29, 0.717) is 0 Å². The molecule has 0 saturated heterocycles. The largest absolute Gasteiger partial charge is 0.377 e. The number of pyridine rings is 1. The fourth-order valence-electron chi connectivity index (χ4n) is 2.24. The second-order valence-electron chi connectivity index (χ2n) is 5.00. The molecule has 0 unspecified atom stereocenters. The van der Waals surface area contributed by atoms with Gasteiger partial charge in [-0.25, -0.2) is 0 Å². The smallest absolute Gasteiger partial charge is 0.0756 e. The van der Waals surface area contributed by atoms with Crippen LogP contribution in [0.1, 0.15) is 11.3 Å². The van der Waals surface area contributed by atoms with Gasteiger partial charge in [0.05, 0.1) is 5.52 Å². The Kier molecular flexibility index (Phi) is 4.27. The fourth-order valence-corrected chi connectivity index (χ4v) is 2.51. The van der Waals surface area contributed by atoms with Crippen LogP contribution in [0.3, 0.4) is 0 Å². The molecule has 0 fully saturated rings. The van der Waals surface area contributed by atoms with Gasteiger partial charge in [-0.15, -0.1) is 0 Å². The summed E-state index contributed by atoms with van der Waals surface area (Å²) in [6.45, 7) is 2.99. The highest BCUT2D eigenvalue weighted by Gasteiger charge is 2.10. The number of halogens is 1. The maximum absolute atomic E-state index is 6.17. The predicted octanol–water partition coefficient (Wildman–Crippen LogP) is 3.02. The van der Waals surface area contributed by atoms with Crippen molar-refractivity contribution in [2.45, 2.75) is 13.3 Å². The minimum atomic E-state index is 0.762. The lowest BCUT2D eigenvalue weighted by Gasteiger charge is -2.18. The van der Waals surface area contributed by atoms with E-state index >= 15 is 0 Å². The Balaban J connectivity index is 2.65. The van der Waals surface area contributed by atoms with E-state index in [1.165, 1.54) is 5.69 Å². The van der Waals surface area contributed by atoms with Gasteiger partial charge in [0.25, 0.3) is 0 Å². The normalized spacial score (nSPS) is 11.0. The van der Waals surface area contributed by atoms with Gasteiger partial charge < -0.3 is 10.2 Å². The number of nitrogens with zero attached hydrogens (tertiary/aromatic N) is 2. The minimum Gasteiger partial charge on any atom is -0.377 e. The molecular formula is C15H20ClN3. The Morgan fingerprint density at radius 1 is 1.26 bits per heavy atom. The molecule has 0 radical (unpaired) electrons. The Morgan fingerprint density at radius 3 is 2.63 bits per heavy atom. The molecule has 102 valence electrons. The molecule has 19 heavy (non-hydrogen) atoms. The van der Waals surface area contributed by atoms with E-state index in [0.717, 1.165) is 40.1 Å². The first-order valence-corrected chi connectivity index (χ1v) is 6.82. The molecule has 1 heterocycles. The lowest BCUT2D eigenvalue weighted by molar-refractivity contribution is 0.778. The Hall–Kier alpha value is -1.32. The molecular weight excluding hydrogens is 258 g/mol. The number of rotatable bonds is 4. The summed E-state index contributed by atoms with van der Waals surface area (Å²) in [5.41, 5.74) is 4.44. The molecule has 2 aromatic rings. The van der Waals surface area contributed by atoms with Crippen molar-refractivity contribution in [3.8, 4) is 0 Å². The molecule has 1 aromatic heterocycles. The van der Waals surface area contributed by atoms with Crippen molar-refractivity contribution in [3.05, 3.63) is 34.5 Å². The van der Waals surface area contributed by atoms with Crippen LogP contribution < -0.4 is 10.2 Å². The van der Waals surface area contributed by atoms with E-state index in [-0.39, 0.29) is 0 Å². The highest BCUT2D eigenvalue weighted by atomic mass is 35.5. The molecule has 1 N–H and O–H groups in total. The first kappa shape index (κ1) is 14.1. The summed E-state index contributed by atoms with van der Waals surface area (Å²) in [6.07, 6.45) is 0.926. The first-order chi connectivity index (χ1) is 9.02. The van der Waals surface area contributed by atoms with Crippen LogP contribution in [0, 0.1) is 6.92 Å². The summed E-state index contributed by atoms with van der Waals surface area (Å²) in [5.74, 6) is 0. The monoisotopic (exact) mass is 277 g/mol. The molecule has 0 bridgehead atoms. The van der Waals surface area contributed by atoms with Crippen molar-refractivity contribution in [2.75, 3.05) is 32.6 Å². The van der Waals surface area contributed by atoms with E-state index < -0.39 is 0 Å². The molecule has 0 aliphatic rings. The van der Waals surface area contributed by atoms with Crippen molar-refractivity contribution in [1.82, 2.24) is 10.3 Å². The van der Waals surface area contributed by atoms with Crippen LogP contribution in [-0.4, -0.2) is 32.7 Å². The number of fused-ring (bicyclic) bond motifs is 1. The van der Waals surface area contributed by atoms with Crippen LogP contribution in [0.15, 0.2) is 18.2 Å². The number of benzene rings is 1. The third-order valence-electron chi connectivity index (χ3n) is 3.21. The molecule has 0 atom stereocenters. The molecule has 2 rings (SSSR count). The first-order valence-electron chi connectivity index (χ1n) is 6.44. The molecule has 0 spiro atoms. The van der Waals surface area contributed by atoms with Crippen LogP contribution in [-0.2, 0) is 6.42 Å². The van der Waals surface area contributed by atoms with E-state index in [1.807, 2.05) is 33.3 Å². The summed E-state index contributed by atoms with van der Waals surface area (Å²) < 4.78 is 0. The Morgan fingerprint density at radius 2 is 2.00 bits per heavy atom. The van der Waals surface area contributed by atoms with Crippen LogP contribution in [0.2, 0.25) is 5.02 Å². The second-order valence-corrected chi connectivity index (χ2v) is 5.44. The zero-order valence-electron chi connectivity index (χ0n) is 11.9. The summed E-state index contributed by atoms with van der Waals surface area (Å²) in [6, 6.07) is 6.11. The molecule has 3 nitrogen and oxygen atoms in total. The highest BCUT2D eigenvalue weighted by Crippen LogP contribution is 2.30. The quantitative estimate of drug-likeness (QED) is 0.931. The number of nitrogens with one attached hydrogen (secondary N) is 1. The highest BCUT2D eigenvalue weighted by molar-refractivity contribution is 6.31. The van der Waals surface area contributed by atoms with Gasteiger partial charge in [0.1, 0.15) is 0 Å². The average molecular weight is 278 g/mol. The third-order valence-corrected chi connectivity index (χ3v) is 3.43. The van der Waals surface area contributed by atoms with Crippen molar-refractivity contribution in [1.29, 1.82) is 0 Å². The maximum atomic E-state index is 6.17. The van der Waals surface area contributed by atoms with Crippen LogP contribution in [0.4, 0.5) is 5.69 Å². The van der Waals surface area contributed by atoms with Gasteiger partial charge in [-0.1, -0.05) is 11.6 Å². The van der Waals surface area contributed by atoms with Crippen LogP contribution in [0.25, 0.3) is 10.9 Å². The average Bonchev–Trinajstić information content (AvgIpc) is 2.35. The molecule has 4 heteroatoms. The summed E-state index contributed by atoms with van der Waals surface area (Å²) in [4.78, 5) is 6.88. The standard InChI is InChI=1S/C15H20ClN3/c1-10-7-11(16)8-13-14(19(3)4)9-12(5-6-17-2)18-15(10)13/h7-9,17H,5-6H2,1-4H3. The van der Waals surface area contributed by atoms with Gasteiger partial charge in [-0.2, -0.15) is 0 Å². The van der Waals surface area contributed by atoms with E-state index in [2.05, 4.69) is 23.2 Å². The Labute approximate surface area is 119 Å². The van der Waals surface area contributed by atoms with Gasteiger partial charge in [-0.3, -0.25) is 4.98 Å². The van der Waals surface area contributed by atoms with E-state index in [4.69, 9.17) is 16.6 Å². The van der Waals surface area contributed by atoms with Crippen molar-refractivity contribution < 1.29 is 0 Å². The third kappa shape index (κ3) is 2.99. The number of aromatic nitrogens is 1. The minimum absolute atomic E-state index is 0.762. The molecule has 0 aliphatic carbocycles. The summed E-state index contributed by atoms with van der Waals surface area (Å²) in [7, 11) is 6.05. The number of likely N-dealkylation sites (N-methyl/N-ethyl adjacent to an activating group) is 1. The van der Waals surface area contributed by atoms with E-state index in [1.54, 1.807) is 0 Å². The lowest BCUT2D eigenvalue weighted by atomic mass is 10.1. The predicted molar refractivity (Wildman–Crippen MR) is 83.4 cm³/mol. The van der Waals surface area contributed by atoms with Crippen molar-refractivity contribution in [2.24, 2.45) is 0 Å². The molecule has 0 amide bonds. The zero-order valence-corrected chi connectivity index (χ0v) is 12.7. The maximum Gasteiger partial charge on any atom is 0.0756 e. The SMILES string of the molecule is CNCCc1cc(N(C)C)c2cc(Cl)cc(C)c2n1. The molecule has 1 aromatic carbocycles. The van der Waals surface area contributed by atoms with Gasteiger partial charge in [0.2, 0.25) is 0 Å². The summed E-state index contributed by atoms with van der Waals surface area (Å²) >= 11 is 6.17. The van der Waals surface area contributed by atoms with Gasteiger partial charge in [0.15, 0.2) is 0 Å².